The van der Waals surface area contributed by atoms with E-state index in [4.69, 9.17) is 0 Å². The molecule has 1 nitrogen and oxygen atoms in total. The molecular weight excluding hydrogens is 182 g/mol. The quantitative estimate of drug-likeness (QED) is 0.673. The zero-order valence-electron chi connectivity index (χ0n) is 11.6. The van der Waals surface area contributed by atoms with Gasteiger partial charge in [-0.3, -0.25) is 0 Å². The molecule has 0 aliphatic rings. The van der Waals surface area contributed by atoms with Crippen LogP contribution < -0.4 is 5.32 Å². The van der Waals surface area contributed by atoms with E-state index in [0.29, 0.717) is 0 Å². The number of hydrogen-bond acceptors (Lipinski definition) is 1. The van der Waals surface area contributed by atoms with Gasteiger partial charge in [0, 0.05) is 12.7 Å². The van der Waals surface area contributed by atoms with Crippen LogP contribution in [0.3, 0.4) is 0 Å². The minimum atomic E-state index is 1.16. The van der Waals surface area contributed by atoms with Gasteiger partial charge in [-0.25, -0.2) is 0 Å². The van der Waals surface area contributed by atoms with Crippen LogP contribution in [0.2, 0.25) is 0 Å². The summed E-state index contributed by atoms with van der Waals surface area (Å²) in [4.78, 5) is 0. The molecule has 0 heterocycles. The summed E-state index contributed by atoms with van der Waals surface area (Å²) in [5.74, 6) is 0. The molecule has 1 rings (SSSR count). The number of para-hydroxylation sites is 1. The zero-order valence-corrected chi connectivity index (χ0v) is 11.6. The van der Waals surface area contributed by atoms with E-state index < -0.39 is 0 Å². The van der Waals surface area contributed by atoms with Crippen LogP contribution in [0.25, 0.3) is 0 Å². The Kier molecular flexibility index (Phi) is 30.2. The second kappa shape index (κ2) is 23.1. The Morgan fingerprint density at radius 2 is 1.20 bits per heavy atom. The van der Waals surface area contributed by atoms with Crippen molar-refractivity contribution in [1.82, 2.24) is 0 Å². The van der Waals surface area contributed by atoms with Gasteiger partial charge in [-0.05, 0) is 12.1 Å². The van der Waals surface area contributed by atoms with Crippen molar-refractivity contribution in [2.45, 2.75) is 48.0 Å². The second-order valence-electron chi connectivity index (χ2n) is 2.32. The molecule has 1 aromatic rings. The summed E-state index contributed by atoms with van der Waals surface area (Å²) in [6, 6.07) is 10.1. The van der Waals surface area contributed by atoms with Gasteiger partial charge in [0.1, 0.15) is 0 Å². The molecule has 0 atom stereocenters. The standard InChI is InChI=1S/C7H9N.C3H8.2C2H6/c1-8-7-5-3-2-4-6-7;1-3-2;2*1-2/h2-6,8H,1H3;3H2,1-2H3;2*1-2H3. The van der Waals surface area contributed by atoms with Crippen LogP contribution in [0.1, 0.15) is 48.0 Å². The molecule has 1 N–H and O–H groups in total. The fourth-order valence-electron chi connectivity index (χ4n) is 0.605. The van der Waals surface area contributed by atoms with E-state index in [2.05, 4.69) is 19.2 Å². The maximum atomic E-state index is 3.03. The minimum absolute atomic E-state index is 1.16. The molecule has 0 fully saturated rings. The molecular formula is C14H29N. The molecule has 0 radical (unpaired) electrons. The van der Waals surface area contributed by atoms with Crippen LogP contribution in [0.5, 0.6) is 0 Å². The molecule has 0 saturated heterocycles. The Labute approximate surface area is 96.9 Å². The lowest BCUT2D eigenvalue weighted by atomic mass is 10.3. The molecule has 0 aliphatic heterocycles. The monoisotopic (exact) mass is 211 g/mol. The van der Waals surface area contributed by atoms with Gasteiger partial charge in [-0.15, -0.1) is 0 Å². The molecule has 0 amide bonds. The summed E-state index contributed by atoms with van der Waals surface area (Å²) in [7, 11) is 1.91. The van der Waals surface area contributed by atoms with Gasteiger partial charge in [0.25, 0.3) is 0 Å². The van der Waals surface area contributed by atoms with E-state index >= 15 is 0 Å². The first-order valence-corrected chi connectivity index (χ1v) is 6.07. The van der Waals surface area contributed by atoms with Crippen molar-refractivity contribution in [1.29, 1.82) is 0 Å². The van der Waals surface area contributed by atoms with Crippen LogP contribution in [0, 0.1) is 0 Å². The fraction of sp³-hybridized carbons (Fsp3) is 0.571. The van der Waals surface area contributed by atoms with Gasteiger partial charge in [0.15, 0.2) is 0 Å². The van der Waals surface area contributed by atoms with E-state index in [1.54, 1.807) is 0 Å². The Balaban J connectivity index is -0.000000176. The van der Waals surface area contributed by atoms with E-state index in [-0.39, 0.29) is 0 Å². The van der Waals surface area contributed by atoms with Crippen molar-refractivity contribution in [2.75, 3.05) is 12.4 Å². The summed E-state index contributed by atoms with van der Waals surface area (Å²) in [5.41, 5.74) is 1.16. The van der Waals surface area contributed by atoms with Gasteiger partial charge >= 0.3 is 0 Å². The van der Waals surface area contributed by atoms with Gasteiger partial charge in [0.05, 0.1) is 0 Å². The molecule has 0 aromatic heterocycles. The Morgan fingerprint density at radius 1 is 0.867 bits per heavy atom. The average molecular weight is 211 g/mol. The molecule has 90 valence electrons. The second-order valence-corrected chi connectivity index (χ2v) is 2.32. The highest BCUT2D eigenvalue weighted by Gasteiger charge is 1.77. The van der Waals surface area contributed by atoms with E-state index in [1.165, 1.54) is 6.42 Å². The predicted octanol–water partition coefficient (Wildman–Crippen LogP) is 5.20. The summed E-state index contributed by atoms with van der Waals surface area (Å²) < 4.78 is 0. The van der Waals surface area contributed by atoms with Crippen LogP contribution in [0.4, 0.5) is 5.69 Å². The predicted molar refractivity (Wildman–Crippen MR) is 74.6 cm³/mol. The highest BCUT2D eigenvalue weighted by molar-refractivity contribution is 5.41. The Bertz CT molecular complexity index is 158. The topological polar surface area (TPSA) is 12.0 Å². The van der Waals surface area contributed by atoms with Crippen LogP contribution in [-0.2, 0) is 0 Å². The maximum Gasteiger partial charge on any atom is 0.0337 e. The number of anilines is 1. The van der Waals surface area contributed by atoms with Crippen molar-refractivity contribution < 1.29 is 0 Å². The maximum absolute atomic E-state index is 3.03. The summed E-state index contributed by atoms with van der Waals surface area (Å²) >= 11 is 0. The molecule has 0 unspecified atom stereocenters. The minimum Gasteiger partial charge on any atom is -0.388 e. The summed E-state index contributed by atoms with van der Waals surface area (Å²) in [5, 5.41) is 3.03. The highest BCUT2D eigenvalue weighted by atomic mass is 14.8. The number of rotatable bonds is 1. The first kappa shape index (κ1) is 19.6. The lowest BCUT2D eigenvalue weighted by Gasteiger charge is -1.94. The van der Waals surface area contributed by atoms with E-state index in [0.717, 1.165) is 5.69 Å². The Morgan fingerprint density at radius 3 is 1.40 bits per heavy atom. The van der Waals surface area contributed by atoms with Crippen LogP contribution >= 0.6 is 0 Å². The van der Waals surface area contributed by atoms with E-state index in [1.807, 2.05) is 65.1 Å². The van der Waals surface area contributed by atoms with Gasteiger partial charge < -0.3 is 5.32 Å². The van der Waals surface area contributed by atoms with Crippen molar-refractivity contribution >= 4 is 5.69 Å². The third kappa shape index (κ3) is 19.4. The molecule has 0 saturated carbocycles. The lowest BCUT2D eigenvalue weighted by molar-refractivity contribution is 1.09. The van der Waals surface area contributed by atoms with Gasteiger partial charge in [-0.1, -0.05) is 66.2 Å². The third-order valence-corrected chi connectivity index (χ3v) is 1.06. The first-order chi connectivity index (χ1) is 7.35. The fourth-order valence-corrected chi connectivity index (χ4v) is 0.605. The number of hydrogen-bond donors (Lipinski definition) is 1. The van der Waals surface area contributed by atoms with E-state index in [9.17, 15) is 0 Å². The molecule has 15 heavy (non-hydrogen) atoms. The van der Waals surface area contributed by atoms with Crippen molar-refractivity contribution in [3.8, 4) is 0 Å². The van der Waals surface area contributed by atoms with Gasteiger partial charge in [-0.2, -0.15) is 0 Å². The molecule has 0 bridgehead atoms. The largest absolute Gasteiger partial charge is 0.388 e. The zero-order chi connectivity index (χ0) is 12.5. The van der Waals surface area contributed by atoms with Crippen LogP contribution in [-0.4, -0.2) is 7.05 Å². The molecule has 0 aliphatic carbocycles. The smallest absolute Gasteiger partial charge is 0.0337 e. The normalized spacial score (nSPS) is 6.60. The van der Waals surface area contributed by atoms with Crippen LogP contribution in [0.15, 0.2) is 30.3 Å². The molecule has 1 aromatic carbocycles. The highest BCUT2D eigenvalue weighted by Crippen LogP contribution is 2.01. The summed E-state index contributed by atoms with van der Waals surface area (Å²) in [6.07, 6.45) is 1.25. The average Bonchev–Trinajstić information content (AvgIpc) is 2.36. The lowest BCUT2D eigenvalue weighted by Crippen LogP contribution is -1.84. The van der Waals surface area contributed by atoms with Crippen molar-refractivity contribution in [3.05, 3.63) is 30.3 Å². The SMILES string of the molecule is CC.CC.CCC.CNc1ccccc1. The van der Waals surface area contributed by atoms with Gasteiger partial charge in [0.2, 0.25) is 0 Å². The first-order valence-electron chi connectivity index (χ1n) is 6.07. The Hall–Kier alpha value is -0.980. The number of benzene rings is 1. The molecule has 0 spiro atoms. The number of nitrogens with one attached hydrogen (secondary N) is 1. The third-order valence-electron chi connectivity index (χ3n) is 1.06. The van der Waals surface area contributed by atoms with Crippen molar-refractivity contribution in [3.63, 3.8) is 0 Å². The summed E-state index contributed by atoms with van der Waals surface area (Å²) in [6.45, 7) is 12.2. The molecule has 1 heteroatoms. The van der Waals surface area contributed by atoms with Crippen molar-refractivity contribution in [2.24, 2.45) is 0 Å².